The van der Waals surface area contributed by atoms with Gasteiger partial charge in [0.15, 0.2) is 0 Å². The molecule has 0 radical (unpaired) electrons. The van der Waals surface area contributed by atoms with E-state index in [-0.39, 0.29) is 23.9 Å². The Bertz CT molecular complexity index is 749. The largest absolute Gasteiger partial charge is 0.489 e. The third kappa shape index (κ3) is 6.77. The summed E-state index contributed by atoms with van der Waals surface area (Å²) in [5, 5.41) is 2.88. The fourth-order valence-corrected chi connectivity index (χ4v) is 2.57. The van der Waals surface area contributed by atoms with Gasteiger partial charge in [0.25, 0.3) is 5.91 Å². The predicted octanol–water partition coefficient (Wildman–Crippen LogP) is 3.64. The van der Waals surface area contributed by atoms with Gasteiger partial charge in [-0.25, -0.2) is 0 Å². The van der Waals surface area contributed by atoms with Crippen LogP contribution in [0.5, 0.6) is 5.75 Å². The van der Waals surface area contributed by atoms with Crippen molar-refractivity contribution in [1.29, 1.82) is 0 Å². The highest BCUT2D eigenvalue weighted by atomic mass is 16.5. The number of para-hydroxylation sites is 1. The van der Waals surface area contributed by atoms with Gasteiger partial charge in [0, 0.05) is 17.6 Å². The van der Waals surface area contributed by atoms with Crippen molar-refractivity contribution in [2.75, 3.05) is 13.1 Å². The molecule has 2 amide bonds. The van der Waals surface area contributed by atoms with Crippen LogP contribution in [0.4, 0.5) is 0 Å². The van der Waals surface area contributed by atoms with E-state index in [1.54, 1.807) is 12.1 Å². The maximum absolute atomic E-state index is 12.7. The zero-order valence-electron chi connectivity index (χ0n) is 16.5. The number of likely N-dealkylation sites (N-methyl/N-ethyl adjacent to an activating group) is 1. The molecule has 0 spiro atoms. The van der Waals surface area contributed by atoms with Gasteiger partial charge in [-0.2, -0.15) is 0 Å². The molecule has 144 valence electrons. The van der Waals surface area contributed by atoms with Gasteiger partial charge in [-0.1, -0.05) is 30.3 Å². The van der Waals surface area contributed by atoms with Crippen LogP contribution in [-0.2, 0) is 11.4 Å². The third-order valence-electron chi connectivity index (χ3n) is 3.87. The lowest BCUT2D eigenvalue weighted by Gasteiger charge is -2.25. The van der Waals surface area contributed by atoms with Crippen LogP contribution in [0.3, 0.4) is 0 Å². The second kappa shape index (κ2) is 9.21. The standard InChI is InChI=1S/C22H28N2O3/c1-5-24(15-20(25)23-22(2,3)4)21(26)18-13-11-17(12-14-18)16-27-19-9-7-6-8-10-19/h6-14H,5,15-16H2,1-4H3,(H,23,25). The lowest BCUT2D eigenvalue weighted by molar-refractivity contribution is -0.123. The Morgan fingerprint density at radius 1 is 1.00 bits per heavy atom. The monoisotopic (exact) mass is 368 g/mol. The van der Waals surface area contributed by atoms with Gasteiger partial charge in [0.05, 0.1) is 6.54 Å². The number of ether oxygens (including phenoxy) is 1. The summed E-state index contributed by atoms with van der Waals surface area (Å²) in [5.41, 5.74) is 1.22. The average Bonchev–Trinajstić information content (AvgIpc) is 2.64. The number of hydrogen-bond donors (Lipinski definition) is 1. The Morgan fingerprint density at radius 3 is 2.19 bits per heavy atom. The number of benzene rings is 2. The number of carbonyl (C=O) groups excluding carboxylic acids is 2. The first-order chi connectivity index (χ1) is 12.8. The molecule has 2 aromatic carbocycles. The Balaban J connectivity index is 1.95. The molecular weight excluding hydrogens is 340 g/mol. The van der Waals surface area contributed by atoms with Crippen molar-refractivity contribution in [3.63, 3.8) is 0 Å². The molecule has 0 aliphatic heterocycles. The van der Waals surface area contributed by atoms with Crippen LogP contribution in [0.2, 0.25) is 0 Å². The molecule has 0 unspecified atom stereocenters. The summed E-state index contributed by atoms with van der Waals surface area (Å²) in [7, 11) is 0. The summed E-state index contributed by atoms with van der Waals surface area (Å²) >= 11 is 0. The van der Waals surface area contributed by atoms with Gasteiger partial charge in [0.1, 0.15) is 12.4 Å². The van der Waals surface area contributed by atoms with Crippen molar-refractivity contribution in [2.24, 2.45) is 0 Å². The first kappa shape index (κ1) is 20.5. The minimum atomic E-state index is -0.319. The first-order valence-electron chi connectivity index (χ1n) is 9.15. The molecule has 0 aliphatic carbocycles. The molecule has 0 aliphatic rings. The second-order valence-corrected chi connectivity index (χ2v) is 7.42. The van der Waals surface area contributed by atoms with Crippen LogP contribution in [0, 0.1) is 0 Å². The normalized spacial score (nSPS) is 11.0. The maximum atomic E-state index is 12.7. The Kier molecular flexibility index (Phi) is 6.99. The lowest BCUT2D eigenvalue weighted by atomic mass is 10.1. The highest BCUT2D eigenvalue weighted by molar-refractivity contribution is 5.96. The fraction of sp³-hybridized carbons (Fsp3) is 0.364. The molecule has 1 N–H and O–H groups in total. The number of amides is 2. The lowest BCUT2D eigenvalue weighted by Crippen LogP contribution is -2.47. The summed E-state index contributed by atoms with van der Waals surface area (Å²) in [6.45, 7) is 8.56. The topological polar surface area (TPSA) is 58.6 Å². The minimum absolute atomic E-state index is 0.0471. The van der Waals surface area contributed by atoms with E-state index in [2.05, 4.69) is 5.32 Å². The number of nitrogens with one attached hydrogen (secondary N) is 1. The van der Waals surface area contributed by atoms with Gasteiger partial charge in [-0.3, -0.25) is 9.59 Å². The van der Waals surface area contributed by atoms with E-state index in [0.29, 0.717) is 18.7 Å². The summed E-state index contributed by atoms with van der Waals surface area (Å²) < 4.78 is 5.71. The summed E-state index contributed by atoms with van der Waals surface area (Å²) in [6, 6.07) is 16.9. The van der Waals surface area contributed by atoms with Crippen LogP contribution in [0.15, 0.2) is 54.6 Å². The molecule has 0 atom stereocenters. The smallest absolute Gasteiger partial charge is 0.254 e. The molecule has 0 saturated carbocycles. The molecule has 0 fully saturated rings. The van der Waals surface area contributed by atoms with Crippen molar-refractivity contribution in [3.05, 3.63) is 65.7 Å². The van der Waals surface area contributed by atoms with Crippen molar-refractivity contribution in [1.82, 2.24) is 10.2 Å². The Morgan fingerprint density at radius 2 is 1.63 bits per heavy atom. The van der Waals surface area contributed by atoms with E-state index in [1.807, 2.05) is 70.2 Å². The van der Waals surface area contributed by atoms with Gasteiger partial charge in [0.2, 0.25) is 5.91 Å². The zero-order chi connectivity index (χ0) is 19.9. The predicted molar refractivity (Wildman–Crippen MR) is 107 cm³/mol. The molecule has 0 saturated heterocycles. The van der Waals surface area contributed by atoms with Crippen molar-refractivity contribution in [2.45, 2.75) is 39.8 Å². The molecule has 0 heterocycles. The molecule has 2 aromatic rings. The van der Waals surface area contributed by atoms with Crippen LogP contribution >= 0.6 is 0 Å². The summed E-state index contributed by atoms with van der Waals surface area (Å²) in [5.74, 6) is 0.488. The van der Waals surface area contributed by atoms with Crippen LogP contribution in [0.1, 0.15) is 43.6 Å². The van der Waals surface area contributed by atoms with Gasteiger partial charge >= 0.3 is 0 Å². The van der Waals surface area contributed by atoms with Crippen molar-refractivity contribution in [3.8, 4) is 5.75 Å². The molecular formula is C22H28N2O3. The number of nitrogens with zero attached hydrogens (tertiary/aromatic N) is 1. The van der Waals surface area contributed by atoms with Crippen LogP contribution in [-0.4, -0.2) is 35.3 Å². The number of rotatable bonds is 7. The average molecular weight is 368 g/mol. The fourth-order valence-electron chi connectivity index (χ4n) is 2.57. The molecule has 2 rings (SSSR count). The van der Waals surface area contributed by atoms with E-state index in [1.165, 1.54) is 4.90 Å². The van der Waals surface area contributed by atoms with E-state index in [0.717, 1.165) is 11.3 Å². The Labute approximate surface area is 161 Å². The van der Waals surface area contributed by atoms with Crippen molar-refractivity contribution < 1.29 is 14.3 Å². The zero-order valence-corrected chi connectivity index (χ0v) is 16.5. The van der Waals surface area contributed by atoms with Crippen LogP contribution in [0.25, 0.3) is 0 Å². The van der Waals surface area contributed by atoms with E-state index < -0.39 is 0 Å². The van der Waals surface area contributed by atoms with Crippen molar-refractivity contribution >= 4 is 11.8 Å². The van der Waals surface area contributed by atoms with E-state index in [9.17, 15) is 9.59 Å². The maximum Gasteiger partial charge on any atom is 0.254 e. The molecule has 5 heteroatoms. The van der Waals surface area contributed by atoms with E-state index in [4.69, 9.17) is 4.74 Å². The van der Waals surface area contributed by atoms with E-state index >= 15 is 0 Å². The minimum Gasteiger partial charge on any atom is -0.489 e. The van der Waals surface area contributed by atoms with Gasteiger partial charge in [-0.15, -0.1) is 0 Å². The molecule has 0 bridgehead atoms. The second-order valence-electron chi connectivity index (χ2n) is 7.42. The van der Waals surface area contributed by atoms with Gasteiger partial charge < -0.3 is 15.0 Å². The number of hydrogen-bond acceptors (Lipinski definition) is 3. The highest BCUT2D eigenvalue weighted by Crippen LogP contribution is 2.13. The molecule has 27 heavy (non-hydrogen) atoms. The summed E-state index contributed by atoms with van der Waals surface area (Å²) in [4.78, 5) is 26.3. The highest BCUT2D eigenvalue weighted by Gasteiger charge is 2.20. The number of carbonyl (C=O) groups is 2. The Hall–Kier alpha value is -2.82. The SMILES string of the molecule is CCN(CC(=O)NC(C)(C)C)C(=O)c1ccc(COc2ccccc2)cc1. The molecule has 5 nitrogen and oxygen atoms in total. The summed E-state index contributed by atoms with van der Waals surface area (Å²) in [6.07, 6.45) is 0. The van der Waals surface area contributed by atoms with Gasteiger partial charge in [-0.05, 0) is 57.5 Å². The quantitative estimate of drug-likeness (QED) is 0.812. The first-order valence-corrected chi connectivity index (χ1v) is 9.15. The molecule has 0 aromatic heterocycles. The van der Waals surface area contributed by atoms with Crippen LogP contribution < -0.4 is 10.1 Å². The third-order valence-corrected chi connectivity index (χ3v) is 3.87.